The van der Waals surface area contributed by atoms with E-state index in [9.17, 15) is 15.3 Å². The van der Waals surface area contributed by atoms with Gasteiger partial charge in [0.05, 0.1) is 24.7 Å². The lowest BCUT2D eigenvalue weighted by molar-refractivity contribution is -0.0380. The number of hydrogen-bond donors (Lipinski definition) is 3. The molecule has 1 saturated carbocycles. The summed E-state index contributed by atoms with van der Waals surface area (Å²) < 4.78 is 0. The van der Waals surface area contributed by atoms with Crippen molar-refractivity contribution < 1.29 is 15.3 Å². The van der Waals surface area contributed by atoms with E-state index in [2.05, 4.69) is 0 Å². The summed E-state index contributed by atoms with van der Waals surface area (Å²) in [6, 6.07) is 1.75. The number of rotatable bonds is 2. The maximum Gasteiger partial charge on any atom is 0.125 e. The zero-order valence-electron chi connectivity index (χ0n) is 7.15. The molecule has 0 saturated heterocycles. The van der Waals surface area contributed by atoms with Crippen LogP contribution < -0.4 is 0 Å². The summed E-state index contributed by atoms with van der Waals surface area (Å²) >= 11 is 0. The second-order valence-corrected chi connectivity index (χ2v) is 3.83. The molecule has 0 aromatic rings. The number of nitriles is 1. The molecule has 0 heterocycles. The summed E-state index contributed by atoms with van der Waals surface area (Å²) in [5.41, 5.74) is -2.20. The predicted molar refractivity (Wildman–Crippen MR) is 41.0 cm³/mol. The second-order valence-electron chi connectivity index (χ2n) is 3.83. The minimum absolute atomic E-state index is 0.156. The summed E-state index contributed by atoms with van der Waals surface area (Å²) in [5.74, 6) is 0. The van der Waals surface area contributed by atoms with Crippen LogP contribution >= 0.6 is 0 Å². The van der Waals surface area contributed by atoms with Gasteiger partial charge in [-0.05, 0) is 0 Å². The third-order valence-electron chi connectivity index (χ3n) is 2.84. The van der Waals surface area contributed by atoms with E-state index < -0.39 is 23.2 Å². The van der Waals surface area contributed by atoms with E-state index in [4.69, 9.17) is 5.26 Å². The van der Waals surface area contributed by atoms with Crippen LogP contribution in [0.4, 0.5) is 0 Å². The van der Waals surface area contributed by atoms with Gasteiger partial charge in [-0.15, -0.1) is 0 Å². The molecule has 0 bridgehead atoms. The molecule has 3 N–H and O–H groups in total. The van der Waals surface area contributed by atoms with Crippen molar-refractivity contribution in [1.82, 2.24) is 0 Å². The Labute approximate surface area is 71.1 Å². The van der Waals surface area contributed by atoms with E-state index in [-0.39, 0.29) is 6.42 Å². The van der Waals surface area contributed by atoms with Gasteiger partial charge in [0.1, 0.15) is 5.60 Å². The van der Waals surface area contributed by atoms with Crippen LogP contribution in [-0.4, -0.2) is 33.1 Å². The van der Waals surface area contributed by atoms with Crippen molar-refractivity contribution in [3.63, 3.8) is 0 Å². The van der Waals surface area contributed by atoms with E-state index in [1.807, 2.05) is 0 Å². The maximum absolute atomic E-state index is 9.67. The highest BCUT2D eigenvalue weighted by Crippen LogP contribution is 2.57. The molecule has 3 atom stereocenters. The van der Waals surface area contributed by atoms with Gasteiger partial charge in [0.25, 0.3) is 0 Å². The molecule has 0 radical (unpaired) electrons. The van der Waals surface area contributed by atoms with Gasteiger partial charge in [0.15, 0.2) is 0 Å². The van der Waals surface area contributed by atoms with Crippen molar-refractivity contribution in [2.75, 3.05) is 0 Å². The first-order valence-electron chi connectivity index (χ1n) is 3.84. The predicted octanol–water partition coefficient (Wildman–Crippen LogP) is -0.607. The lowest BCUT2D eigenvalue weighted by Crippen LogP contribution is -2.34. The van der Waals surface area contributed by atoms with Crippen molar-refractivity contribution in [3.05, 3.63) is 0 Å². The zero-order valence-corrected chi connectivity index (χ0v) is 7.15. The molecule has 4 nitrogen and oxygen atoms in total. The Morgan fingerprint density at radius 2 is 2.00 bits per heavy atom. The number of hydrogen-bond acceptors (Lipinski definition) is 4. The van der Waals surface area contributed by atoms with Crippen molar-refractivity contribution in [2.24, 2.45) is 5.41 Å². The van der Waals surface area contributed by atoms with Gasteiger partial charge in [0, 0.05) is 5.41 Å². The standard InChI is InChI=1S/C8H13NO3/c1-7(2)6(11)8(7,12)5(10)3-4-9/h5-6,10-12H,3H2,1-2H3/t5-,6?,8+/m1/s1. The van der Waals surface area contributed by atoms with Crippen molar-refractivity contribution in [3.8, 4) is 6.07 Å². The average molecular weight is 171 g/mol. The smallest absolute Gasteiger partial charge is 0.125 e. The zero-order chi connectivity index (χ0) is 9.57. The summed E-state index contributed by atoms with van der Waals surface area (Å²) in [5, 5.41) is 36.6. The first-order chi connectivity index (χ1) is 5.39. The summed E-state index contributed by atoms with van der Waals surface area (Å²) in [4.78, 5) is 0. The van der Waals surface area contributed by atoms with Crippen LogP contribution in [0.2, 0.25) is 0 Å². The molecule has 0 spiro atoms. The molecule has 1 fully saturated rings. The molecule has 1 aliphatic rings. The van der Waals surface area contributed by atoms with E-state index in [1.165, 1.54) is 0 Å². The monoisotopic (exact) mass is 171 g/mol. The fourth-order valence-corrected chi connectivity index (χ4v) is 1.60. The first kappa shape index (κ1) is 9.46. The van der Waals surface area contributed by atoms with E-state index in [1.54, 1.807) is 19.9 Å². The van der Waals surface area contributed by atoms with E-state index in [0.717, 1.165) is 0 Å². The van der Waals surface area contributed by atoms with Crippen LogP contribution in [0.5, 0.6) is 0 Å². The molecular weight excluding hydrogens is 158 g/mol. The molecule has 0 aliphatic heterocycles. The quantitative estimate of drug-likeness (QED) is 0.517. The van der Waals surface area contributed by atoms with Gasteiger partial charge in [-0.2, -0.15) is 5.26 Å². The fraction of sp³-hybridized carbons (Fsp3) is 0.875. The highest BCUT2D eigenvalue weighted by molar-refractivity contribution is 5.24. The normalized spacial score (nSPS) is 40.2. The van der Waals surface area contributed by atoms with Gasteiger partial charge in [-0.3, -0.25) is 0 Å². The Hall–Kier alpha value is -0.630. The second kappa shape index (κ2) is 2.43. The molecular formula is C8H13NO3. The van der Waals surface area contributed by atoms with Crippen LogP contribution in [0.3, 0.4) is 0 Å². The molecule has 68 valence electrons. The highest BCUT2D eigenvalue weighted by Gasteiger charge is 2.74. The van der Waals surface area contributed by atoms with Crippen LogP contribution in [-0.2, 0) is 0 Å². The Morgan fingerprint density at radius 3 is 2.25 bits per heavy atom. The summed E-state index contributed by atoms with van der Waals surface area (Å²) in [7, 11) is 0. The van der Waals surface area contributed by atoms with Gasteiger partial charge in [-0.1, -0.05) is 13.8 Å². The van der Waals surface area contributed by atoms with E-state index >= 15 is 0 Å². The van der Waals surface area contributed by atoms with Gasteiger partial charge >= 0.3 is 0 Å². The Bertz CT molecular complexity index is 233. The van der Waals surface area contributed by atoms with Gasteiger partial charge < -0.3 is 15.3 Å². The first-order valence-corrected chi connectivity index (χ1v) is 3.84. The molecule has 1 aliphatic carbocycles. The molecule has 0 amide bonds. The maximum atomic E-state index is 9.67. The molecule has 1 rings (SSSR count). The molecule has 12 heavy (non-hydrogen) atoms. The third kappa shape index (κ3) is 0.876. The van der Waals surface area contributed by atoms with Crippen LogP contribution in [0, 0.1) is 16.7 Å². The SMILES string of the molecule is CC1(C)C(O)[C@@]1(O)[C@H](O)CC#N. The largest absolute Gasteiger partial charge is 0.389 e. The summed E-state index contributed by atoms with van der Waals surface area (Å²) in [6.07, 6.45) is -2.25. The van der Waals surface area contributed by atoms with Gasteiger partial charge in [0.2, 0.25) is 0 Å². The van der Waals surface area contributed by atoms with Crippen LogP contribution in [0.25, 0.3) is 0 Å². The Morgan fingerprint density at radius 1 is 1.58 bits per heavy atom. The van der Waals surface area contributed by atoms with Crippen molar-refractivity contribution >= 4 is 0 Å². The van der Waals surface area contributed by atoms with Gasteiger partial charge in [-0.25, -0.2) is 0 Å². The highest BCUT2D eigenvalue weighted by atomic mass is 16.4. The lowest BCUT2D eigenvalue weighted by atomic mass is 10.0. The average Bonchev–Trinajstić information content (AvgIpc) is 2.37. The van der Waals surface area contributed by atoms with Crippen molar-refractivity contribution in [1.29, 1.82) is 5.26 Å². The number of aliphatic hydroxyl groups excluding tert-OH is 2. The Balaban J connectivity index is 2.72. The third-order valence-corrected chi connectivity index (χ3v) is 2.84. The summed E-state index contributed by atoms with van der Waals surface area (Å²) in [6.45, 7) is 3.30. The minimum atomic E-state index is -1.50. The van der Waals surface area contributed by atoms with Crippen molar-refractivity contribution in [2.45, 2.75) is 38.1 Å². The number of aliphatic hydroxyl groups is 3. The number of nitrogens with zero attached hydrogens (tertiary/aromatic N) is 1. The lowest BCUT2D eigenvalue weighted by Gasteiger charge is -2.17. The van der Waals surface area contributed by atoms with E-state index in [0.29, 0.717) is 0 Å². The minimum Gasteiger partial charge on any atom is -0.389 e. The van der Waals surface area contributed by atoms with Crippen LogP contribution in [0.15, 0.2) is 0 Å². The topological polar surface area (TPSA) is 84.5 Å². The molecule has 0 aromatic carbocycles. The molecule has 0 aromatic heterocycles. The Kier molecular flexibility index (Phi) is 1.91. The fourth-order valence-electron chi connectivity index (χ4n) is 1.60. The molecule has 1 unspecified atom stereocenters. The molecule has 4 heteroatoms. The van der Waals surface area contributed by atoms with Crippen LogP contribution in [0.1, 0.15) is 20.3 Å².